The topological polar surface area (TPSA) is 12.9 Å². The molecule has 1 heterocycles. The van der Waals surface area contributed by atoms with Crippen LogP contribution in [0.2, 0.25) is 0 Å². The fraction of sp³-hybridized carbons (Fsp3) is 0.222. The number of nitrogens with zero attached hydrogens (tertiary/aromatic N) is 1. The van der Waals surface area contributed by atoms with Crippen LogP contribution in [-0.4, -0.2) is 4.98 Å². The van der Waals surface area contributed by atoms with Crippen molar-refractivity contribution >= 4 is 33.2 Å². The van der Waals surface area contributed by atoms with Gasteiger partial charge in [0, 0.05) is 0 Å². The van der Waals surface area contributed by atoms with Gasteiger partial charge in [0.25, 0.3) is 0 Å². The molecule has 0 bridgehead atoms. The zero-order valence-electron chi connectivity index (χ0n) is 6.67. The second-order valence-electron chi connectivity index (χ2n) is 2.71. The third kappa shape index (κ3) is 1.32. The van der Waals surface area contributed by atoms with Gasteiger partial charge in [-0.15, -0.1) is 22.9 Å². The zero-order valence-corrected chi connectivity index (χ0v) is 8.25. The number of aromatic nitrogens is 1. The highest BCUT2D eigenvalue weighted by Gasteiger charge is 2.01. The molecule has 0 aliphatic heterocycles. The highest BCUT2D eigenvalue weighted by Crippen LogP contribution is 2.23. The van der Waals surface area contributed by atoms with Crippen LogP contribution in [0.15, 0.2) is 18.2 Å². The Balaban J connectivity index is 2.67. The first kappa shape index (κ1) is 8.02. The lowest BCUT2D eigenvalue weighted by Crippen LogP contribution is -1.73. The van der Waals surface area contributed by atoms with Crippen LogP contribution in [0.4, 0.5) is 0 Å². The van der Waals surface area contributed by atoms with Crippen LogP contribution in [0.25, 0.3) is 10.2 Å². The van der Waals surface area contributed by atoms with Gasteiger partial charge in [0.05, 0.1) is 16.1 Å². The standard InChI is InChI=1S/C9H8ClNS/c1-6-2-3-8-7(4-6)11-9(5-10)12-8/h2-4H,5H2,1H3. The van der Waals surface area contributed by atoms with E-state index < -0.39 is 0 Å². The summed E-state index contributed by atoms with van der Waals surface area (Å²) in [5.41, 5.74) is 2.31. The number of aryl methyl sites for hydroxylation is 1. The van der Waals surface area contributed by atoms with Gasteiger partial charge in [0.1, 0.15) is 5.01 Å². The molecule has 1 aromatic carbocycles. The normalized spacial score (nSPS) is 10.8. The van der Waals surface area contributed by atoms with E-state index in [2.05, 4.69) is 30.1 Å². The van der Waals surface area contributed by atoms with Crippen LogP contribution in [0.1, 0.15) is 10.6 Å². The maximum atomic E-state index is 5.69. The average Bonchev–Trinajstić information content (AvgIpc) is 2.46. The van der Waals surface area contributed by atoms with Gasteiger partial charge in [-0.2, -0.15) is 0 Å². The Morgan fingerprint density at radius 1 is 1.50 bits per heavy atom. The Hall–Kier alpha value is -0.600. The molecule has 2 rings (SSSR count). The summed E-state index contributed by atoms with van der Waals surface area (Å²) in [5, 5.41) is 0.997. The van der Waals surface area contributed by atoms with E-state index >= 15 is 0 Å². The van der Waals surface area contributed by atoms with Crippen molar-refractivity contribution in [2.45, 2.75) is 12.8 Å². The number of alkyl halides is 1. The SMILES string of the molecule is Cc1ccc2sc(CCl)nc2c1. The number of thiazole rings is 1. The highest BCUT2D eigenvalue weighted by molar-refractivity contribution is 7.18. The summed E-state index contributed by atoms with van der Waals surface area (Å²) in [6.07, 6.45) is 0. The molecule has 3 heteroatoms. The van der Waals surface area contributed by atoms with E-state index in [-0.39, 0.29) is 0 Å². The van der Waals surface area contributed by atoms with E-state index in [1.54, 1.807) is 11.3 Å². The third-order valence-electron chi connectivity index (χ3n) is 1.70. The summed E-state index contributed by atoms with van der Waals surface area (Å²) in [5.74, 6) is 0.512. The molecule has 12 heavy (non-hydrogen) atoms. The monoisotopic (exact) mass is 197 g/mol. The number of fused-ring (bicyclic) bond motifs is 1. The molecule has 1 nitrogen and oxygen atoms in total. The highest BCUT2D eigenvalue weighted by atomic mass is 35.5. The molecule has 0 aliphatic rings. The second kappa shape index (κ2) is 3.04. The van der Waals surface area contributed by atoms with Crippen LogP contribution in [0, 0.1) is 6.92 Å². The van der Waals surface area contributed by atoms with Crippen LogP contribution in [-0.2, 0) is 5.88 Å². The lowest BCUT2D eigenvalue weighted by molar-refractivity contribution is 1.30. The van der Waals surface area contributed by atoms with E-state index in [4.69, 9.17) is 11.6 Å². The molecule has 0 spiro atoms. The molecule has 0 saturated carbocycles. The molecule has 0 N–H and O–H groups in total. The summed E-state index contributed by atoms with van der Waals surface area (Å²) in [4.78, 5) is 4.38. The number of benzene rings is 1. The summed E-state index contributed by atoms with van der Waals surface area (Å²) < 4.78 is 1.22. The summed E-state index contributed by atoms with van der Waals surface area (Å²) in [6.45, 7) is 2.07. The maximum absolute atomic E-state index is 5.69. The molecule has 0 amide bonds. The largest absolute Gasteiger partial charge is 0.240 e. The average molecular weight is 198 g/mol. The number of halogens is 1. The molecule has 0 fully saturated rings. The van der Waals surface area contributed by atoms with Crippen molar-refractivity contribution < 1.29 is 0 Å². The predicted octanol–water partition coefficient (Wildman–Crippen LogP) is 3.34. The van der Waals surface area contributed by atoms with Crippen molar-refractivity contribution in [3.8, 4) is 0 Å². The fourth-order valence-corrected chi connectivity index (χ4v) is 2.16. The molecular weight excluding hydrogens is 190 g/mol. The molecular formula is C9H8ClNS. The fourth-order valence-electron chi connectivity index (χ4n) is 1.14. The maximum Gasteiger partial charge on any atom is 0.109 e. The molecule has 0 saturated heterocycles. The lowest BCUT2D eigenvalue weighted by Gasteiger charge is -1.88. The summed E-state index contributed by atoms with van der Waals surface area (Å²) in [6, 6.07) is 6.28. The van der Waals surface area contributed by atoms with Gasteiger partial charge in [0.15, 0.2) is 0 Å². The minimum absolute atomic E-state index is 0.512. The zero-order chi connectivity index (χ0) is 8.55. The van der Waals surface area contributed by atoms with Crippen molar-refractivity contribution in [1.29, 1.82) is 0 Å². The molecule has 2 aromatic rings. The van der Waals surface area contributed by atoms with E-state index in [0.717, 1.165) is 10.5 Å². The summed E-state index contributed by atoms with van der Waals surface area (Å²) >= 11 is 7.35. The van der Waals surface area contributed by atoms with E-state index in [0.29, 0.717) is 5.88 Å². The Kier molecular flexibility index (Phi) is 2.03. The van der Waals surface area contributed by atoms with Gasteiger partial charge in [-0.05, 0) is 24.6 Å². The molecule has 0 aliphatic carbocycles. The lowest BCUT2D eigenvalue weighted by atomic mass is 10.2. The van der Waals surface area contributed by atoms with Crippen LogP contribution >= 0.6 is 22.9 Å². The van der Waals surface area contributed by atoms with Gasteiger partial charge in [-0.25, -0.2) is 4.98 Å². The minimum Gasteiger partial charge on any atom is -0.240 e. The molecule has 0 atom stereocenters. The number of hydrogen-bond donors (Lipinski definition) is 0. The number of hydrogen-bond acceptors (Lipinski definition) is 2. The van der Waals surface area contributed by atoms with Crippen molar-refractivity contribution in [3.05, 3.63) is 28.8 Å². The predicted molar refractivity (Wildman–Crippen MR) is 53.9 cm³/mol. The van der Waals surface area contributed by atoms with Gasteiger partial charge in [0.2, 0.25) is 0 Å². The van der Waals surface area contributed by atoms with Crippen LogP contribution in [0.5, 0.6) is 0 Å². The molecule has 1 aromatic heterocycles. The Morgan fingerprint density at radius 2 is 2.33 bits per heavy atom. The van der Waals surface area contributed by atoms with Gasteiger partial charge in [-0.3, -0.25) is 0 Å². The molecule has 0 unspecified atom stereocenters. The number of rotatable bonds is 1. The first-order valence-electron chi connectivity index (χ1n) is 3.71. The van der Waals surface area contributed by atoms with E-state index in [9.17, 15) is 0 Å². The Bertz CT molecular complexity index is 408. The summed E-state index contributed by atoms with van der Waals surface area (Å²) in [7, 11) is 0. The first-order valence-corrected chi connectivity index (χ1v) is 5.07. The second-order valence-corrected chi connectivity index (χ2v) is 4.09. The quantitative estimate of drug-likeness (QED) is 0.639. The van der Waals surface area contributed by atoms with Crippen molar-refractivity contribution in [2.75, 3.05) is 0 Å². The van der Waals surface area contributed by atoms with Gasteiger partial charge < -0.3 is 0 Å². The van der Waals surface area contributed by atoms with E-state index in [1.807, 2.05) is 0 Å². The Labute approximate surface area is 80.0 Å². The first-order chi connectivity index (χ1) is 5.79. The third-order valence-corrected chi connectivity index (χ3v) is 3.15. The smallest absolute Gasteiger partial charge is 0.109 e. The van der Waals surface area contributed by atoms with Crippen LogP contribution < -0.4 is 0 Å². The van der Waals surface area contributed by atoms with Crippen LogP contribution in [0.3, 0.4) is 0 Å². The van der Waals surface area contributed by atoms with Crippen molar-refractivity contribution in [2.24, 2.45) is 0 Å². The molecule has 0 radical (unpaired) electrons. The van der Waals surface area contributed by atoms with Crippen molar-refractivity contribution in [3.63, 3.8) is 0 Å². The van der Waals surface area contributed by atoms with E-state index in [1.165, 1.54) is 10.3 Å². The molecule has 62 valence electrons. The minimum atomic E-state index is 0.512. The van der Waals surface area contributed by atoms with Crippen molar-refractivity contribution in [1.82, 2.24) is 4.98 Å². The Morgan fingerprint density at radius 3 is 3.08 bits per heavy atom. The van der Waals surface area contributed by atoms with Gasteiger partial charge in [-0.1, -0.05) is 6.07 Å². The van der Waals surface area contributed by atoms with Gasteiger partial charge >= 0.3 is 0 Å².